The third-order valence-corrected chi connectivity index (χ3v) is 3.20. The number of carboxylic acid groups (broad SMARTS) is 1. The van der Waals surface area contributed by atoms with Gasteiger partial charge in [-0.2, -0.15) is 0 Å². The predicted octanol–water partition coefficient (Wildman–Crippen LogP) is 0.667. The fourth-order valence-electron chi connectivity index (χ4n) is 1.71. The van der Waals surface area contributed by atoms with Crippen LogP contribution in [0.2, 0.25) is 0 Å². The molecule has 1 rings (SSSR count). The maximum Gasteiger partial charge on any atom is 0.326 e. The topological polar surface area (TPSA) is 86.7 Å². The third-order valence-electron chi connectivity index (χ3n) is 3.20. The summed E-state index contributed by atoms with van der Waals surface area (Å²) in [5, 5.41) is 11.5. The SMILES string of the molecule is CC(C(=O)O)N(C)C(=O)CCNC(=O)Cc1ccccc1. The zero-order valence-corrected chi connectivity index (χ0v) is 12.2. The molecule has 2 N–H and O–H groups in total. The second-order valence-electron chi connectivity index (χ2n) is 4.78. The van der Waals surface area contributed by atoms with Crippen LogP contribution in [0.5, 0.6) is 0 Å². The van der Waals surface area contributed by atoms with E-state index >= 15 is 0 Å². The van der Waals surface area contributed by atoms with Crippen molar-refractivity contribution in [2.24, 2.45) is 0 Å². The van der Waals surface area contributed by atoms with Crippen molar-refractivity contribution in [2.75, 3.05) is 13.6 Å². The van der Waals surface area contributed by atoms with Crippen molar-refractivity contribution in [3.8, 4) is 0 Å². The molecular weight excluding hydrogens is 272 g/mol. The van der Waals surface area contributed by atoms with Gasteiger partial charge in [0.15, 0.2) is 0 Å². The fraction of sp³-hybridized carbons (Fsp3) is 0.400. The van der Waals surface area contributed by atoms with Crippen LogP contribution >= 0.6 is 0 Å². The Labute approximate surface area is 123 Å². The molecule has 0 fully saturated rings. The molecule has 1 aromatic carbocycles. The number of hydrogen-bond acceptors (Lipinski definition) is 3. The molecule has 0 aliphatic rings. The highest BCUT2D eigenvalue weighted by atomic mass is 16.4. The number of carbonyl (C=O) groups is 3. The van der Waals surface area contributed by atoms with Crippen LogP contribution in [0.15, 0.2) is 30.3 Å². The van der Waals surface area contributed by atoms with Gasteiger partial charge >= 0.3 is 5.97 Å². The molecule has 0 aliphatic heterocycles. The third kappa shape index (κ3) is 5.64. The molecule has 0 bridgehead atoms. The van der Waals surface area contributed by atoms with Crippen molar-refractivity contribution in [3.05, 3.63) is 35.9 Å². The second kappa shape index (κ2) is 8.04. The summed E-state index contributed by atoms with van der Waals surface area (Å²) in [6, 6.07) is 8.42. The van der Waals surface area contributed by atoms with Crippen molar-refractivity contribution in [3.63, 3.8) is 0 Å². The van der Waals surface area contributed by atoms with Crippen LogP contribution < -0.4 is 5.32 Å². The van der Waals surface area contributed by atoms with Crippen molar-refractivity contribution < 1.29 is 19.5 Å². The molecule has 6 nitrogen and oxygen atoms in total. The summed E-state index contributed by atoms with van der Waals surface area (Å²) >= 11 is 0. The van der Waals surface area contributed by atoms with Gasteiger partial charge in [0.1, 0.15) is 6.04 Å². The summed E-state index contributed by atoms with van der Waals surface area (Å²) < 4.78 is 0. The molecule has 0 radical (unpaired) electrons. The molecule has 0 spiro atoms. The van der Waals surface area contributed by atoms with Gasteiger partial charge in [-0.1, -0.05) is 30.3 Å². The van der Waals surface area contributed by atoms with Crippen LogP contribution in [-0.4, -0.2) is 47.4 Å². The fourth-order valence-corrected chi connectivity index (χ4v) is 1.71. The number of hydrogen-bond donors (Lipinski definition) is 2. The number of aliphatic carboxylic acids is 1. The zero-order chi connectivity index (χ0) is 15.8. The number of benzene rings is 1. The molecule has 0 heterocycles. The summed E-state index contributed by atoms with van der Waals surface area (Å²) in [5.74, 6) is -1.54. The minimum atomic E-state index is -1.06. The smallest absolute Gasteiger partial charge is 0.326 e. The molecule has 2 amide bonds. The second-order valence-corrected chi connectivity index (χ2v) is 4.78. The van der Waals surface area contributed by atoms with Crippen LogP contribution in [0, 0.1) is 0 Å². The first-order chi connectivity index (χ1) is 9.91. The van der Waals surface area contributed by atoms with E-state index in [0.29, 0.717) is 0 Å². The van der Waals surface area contributed by atoms with E-state index in [0.717, 1.165) is 10.5 Å². The van der Waals surface area contributed by atoms with E-state index < -0.39 is 12.0 Å². The minimum Gasteiger partial charge on any atom is -0.480 e. The average Bonchev–Trinajstić information content (AvgIpc) is 2.46. The molecule has 1 atom stereocenters. The first-order valence-corrected chi connectivity index (χ1v) is 6.71. The monoisotopic (exact) mass is 292 g/mol. The van der Waals surface area contributed by atoms with Gasteiger partial charge in [0.2, 0.25) is 11.8 Å². The van der Waals surface area contributed by atoms with Gasteiger partial charge in [-0.25, -0.2) is 4.79 Å². The number of nitrogens with zero attached hydrogens (tertiary/aromatic N) is 1. The predicted molar refractivity (Wildman–Crippen MR) is 77.6 cm³/mol. The molecule has 0 saturated carbocycles. The summed E-state index contributed by atoms with van der Waals surface area (Å²) in [6.07, 6.45) is 0.338. The number of carboxylic acids is 1. The maximum atomic E-state index is 11.7. The van der Waals surface area contributed by atoms with Gasteiger partial charge < -0.3 is 15.3 Å². The van der Waals surface area contributed by atoms with Crippen LogP contribution in [0.1, 0.15) is 18.9 Å². The van der Waals surface area contributed by atoms with Gasteiger partial charge in [-0.05, 0) is 12.5 Å². The number of likely N-dealkylation sites (N-methyl/N-ethyl adjacent to an activating group) is 1. The number of carbonyl (C=O) groups excluding carboxylic acids is 2. The van der Waals surface area contributed by atoms with Crippen molar-refractivity contribution in [1.29, 1.82) is 0 Å². The Hall–Kier alpha value is -2.37. The summed E-state index contributed by atoms with van der Waals surface area (Å²) in [6.45, 7) is 1.63. The minimum absolute atomic E-state index is 0.0780. The molecule has 0 aliphatic carbocycles. The highest BCUT2D eigenvalue weighted by molar-refractivity contribution is 5.84. The molecule has 114 valence electrons. The van der Waals surface area contributed by atoms with Gasteiger partial charge in [-0.15, -0.1) is 0 Å². The molecular formula is C15H20N2O4. The van der Waals surface area contributed by atoms with Gasteiger partial charge in [0.25, 0.3) is 0 Å². The molecule has 21 heavy (non-hydrogen) atoms. The van der Waals surface area contributed by atoms with E-state index in [1.807, 2.05) is 30.3 Å². The first-order valence-electron chi connectivity index (χ1n) is 6.71. The Morgan fingerprint density at radius 1 is 1.24 bits per heavy atom. The van der Waals surface area contributed by atoms with E-state index in [-0.39, 0.29) is 31.2 Å². The summed E-state index contributed by atoms with van der Waals surface area (Å²) in [4.78, 5) is 35.3. The molecule has 6 heteroatoms. The molecule has 0 aromatic heterocycles. The number of nitrogens with one attached hydrogen (secondary N) is 1. The molecule has 0 saturated heterocycles. The van der Waals surface area contributed by atoms with E-state index in [9.17, 15) is 14.4 Å². The number of rotatable bonds is 7. The quantitative estimate of drug-likeness (QED) is 0.773. The van der Waals surface area contributed by atoms with E-state index in [1.165, 1.54) is 14.0 Å². The van der Waals surface area contributed by atoms with Crippen LogP contribution in [-0.2, 0) is 20.8 Å². The van der Waals surface area contributed by atoms with E-state index in [4.69, 9.17) is 5.11 Å². The Kier molecular flexibility index (Phi) is 6.39. The molecule has 1 aromatic rings. The van der Waals surface area contributed by atoms with Crippen molar-refractivity contribution in [1.82, 2.24) is 10.2 Å². The van der Waals surface area contributed by atoms with E-state index in [2.05, 4.69) is 5.32 Å². The first kappa shape index (κ1) is 16.7. The standard InChI is InChI=1S/C15H20N2O4/c1-11(15(20)21)17(2)14(19)8-9-16-13(18)10-12-6-4-3-5-7-12/h3-7,11H,8-10H2,1-2H3,(H,16,18)(H,20,21). The van der Waals surface area contributed by atoms with Crippen molar-refractivity contribution >= 4 is 17.8 Å². The molecule has 1 unspecified atom stereocenters. The van der Waals surface area contributed by atoms with E-state index in [1.54, 1.807) is 0 Å². The normalized spacial score (nSPS) is 11.5. The largest absolute Gasteiger partial charge is 0.480 e. The van der Waals surface area contributed by atoms with Gasteiger partial charge in [0.05, 0.1) is 6.42 Å². The van der Waals surface area contributed by atoms with Crippen molar-refractivity contribution in [2.45, 2.75) is 25.8 Å². The van der Waals surface area contributed by atoms with Crippen LogP contribution in [0.4, 0.5) is 0 Å². The van der Waals surface area contributed by atoms with Gasteiger partial charge in [-0.3, -0.25) is 9.59 Å². The Balaban J connectivity index is 2.31. The Bertz CT molecular complexity index is 502. The average molecular weight is 292 g/mol. The lowest BCUT2D eigenvalue weighted by atomic mass is 10.1. The zero-order valence-electron chi connectivity index (χ0n) is 12.2. The van der Waals surface area contributed by atoms with Gasteiger partial charge in [0, 0.05) is 20.0 Å². The Morgan fingerprint density at radius 2 is 1.86 bits per heavy atom. The lowest BCUT2D eigenvalue weighted by molar-refractivity contribution is -0.148. The summed E-state index contributed by atoms with van der Waals surface area (Å²) in [5.41, 5.74) is 0.901. The Morgan fingerprint density at radius 3 is 2.43 bits per heavy atom. The highest BCUT2D eigenvalue weighted by Crippen LogP contribution is 2.00. The van der Waals surface area contributed by atoms with Crippen LogP contribution in [0.25, 0.3) is 0 Å². The maximum absolute atomic E-state index is 11.7. The highest BCUT2D eigenvalue weighted by Gasteiger charge is 2.21. The lowest BCUT2D eigenvalue weighted by Gasteiger charge is -2.21. The lowest BCUT2D eigenvalue weighted by Crippen LogP contribution is -2.41. The summed E-state index contributed by atoms with van der Waals surface area (Å²) in [7, 11) is 1.44. The van der Waals surface area contributed by atoms with Crippen LogP contribution in [0.3, 0.4) is 0 Å². The number of amides is 2.